The van der Waals surface area contributed by atoms with Crippen LogP contribution in [0.3, 0.4) is 0 Å². The molecule has 0 radical (unpaired) electrons. The van der Waals surface area contributed by atoms with Crippen LogP contribution in [0.15, 0.2) is 250 Å². The predicted molar refractivity (Wildman–Crippen MR) is 513 cm³/mol. The Kier molecular flexibility index (Phi) is 18.4. The highest BCUT2D eigenvalue weighted by Crippen LogP contribution is 2.59. The summed E-state index contributed by atoms with van der Waals surface area (Å²) in [6.45, 7) is 47.0. The summed E-state index contributed by atoms with van der Waals surface area (Å²) in [5.74, 6) is -0.0510. The van der Waals surface area contributed by atoms with E-state index in [1.165, 1.54) is 135 Å². The topological polar surface area (TPSA) is 36.0 Å². The van der Waals surface area contributed by atoms with Crippen molar-refractivity contribution in [3.8, 4) is 0 Å². The molecule has 5 aliphatic rings. The normalized spacial score (nSPS) is 16.9. The number of nitrogens with zero attached hydrogens (tertiary/aromatic N) is 3. The van der Waals surface area contributed by atoms with Crippen LogP contribution in [0.25, 0.3) is 59.5 Å². The number of hydrogen-bond donors (Lipinski definition) is 0. The molecule has 0 bridgehead atoms. The van der Waals surface area contributed by atoms with Gasteiger partial charge in [-0.15, -0.1) is 11.3 Å². The first kappa shape index (κ1) is 78.8. The van der Waals surface area contributed by atoms with E-state index in [0.717, 1.165) is 96.2 Å². The van der Waals surface area contributed by atoms with E-state index in [1.54, 1.807) is 0 Å². The molecule has 15 aromatic rings. The van der Waals surface area contributed by atoms with Crippen LogP contribution in [-0.2, 0) is 49.7 Å². The highest BCUT2D eigenvalue weighted by atomic mass is 35.5. The second-order valence-electron chi connectivity index (χ2n) is 41.7. The third-order valence-corrected chi connectivity index (χ3v) is 29.0. The Morgan fingerprint density at radius 1 is 0.403 bits per heavy atom. The number of para-hydroxylation sites is 2. The standard InChI is InChI=1S/C56H55BClNO.C54H55ClN2OS/c1-53(2,3)33-18-21-36(22-19-33)59-45-23-20-34(54(4,5)6)28-43(45)57-44-27-32-26-41-42(56(9,10)25-24-55(41,7)8)31-39(32)51(44)50(40-29-35(58)30-46(59)52(40)57)38-15-13-17-48-49(38)37-14-11-12-16-47(37)60-48;1-51(2,3)34-18-22-37(23-19-34)56(38-24-20-35(21-25-38)52(4,5)6)39-28-36(55)29-40(30-39)57(45-15-13-17-48-50(45)41-14-11-12-16-47(41)58-48)46-33-59-49-32-44-43(31-42(46)49)53(7,8)26-27-54(44,9)10/h11-23,26,28-31,50H,24-25,27H2,1-10H3;11-25,28-33H,26-27H2,1-10H3. The molecule has 0 spiro atoms. The maximum absolute atomic E-state index is 7.47. The van der Waals surface area contributed by atoms with E-state index < -0.39 is 0 Å². The Bertz CT molecular complexity index is 6610. The molecule has 0 N–H and O–H groups in total. The summed E-state index contributed by atoms with van der Waals surface area (Å²) in [6.07, 6.45) is 5.64. The maximum Gasteiger partial charge on any atom is 0.243 e. The van der Waals surface area contributed by atoms with Gasteiger partial charge in [0.2, 0.25) is 6.71 Å². The fraction of sp³-hybridized carbons (Fsp3) is 0.309. The molecule has 119 heavy (non-hydrogen) atoms. The van der Waals surface area contributed by atoms with Crippen molar-refractivity contribution in [1.29, 1.82) is 0 Å². The number of fused-ring (bicyclic) bond motifs is 14. The number of furan rings is 2. The SMILES string of the molecule is CC(C)(C)c1ccc(N(c2ccc(C(C)(C)C)cc2)c2cc(Cl)cc(N(c3csc4cc5c(cc34)C(C)(C)CCC5(C)C)c3cccc4oc5ccccc5c34)c2)cc1.CC(C)(C)c1ccc(N2c3ccc(C(C)(C)C)cc3B3C4=C(c5cc6c(cc5C4)C(C)(C)CCC6(C)C)C(c4cccc5oc6ccccc6c45)c4cc(Cl)cc2c43)cc1. The van der Waals surface area contributed by atoms with Gasteiger partial charge in [-0.05, 0) is 274 Å². The van der Waals surface area contributed by atoms with Crippen molar-refractivity contribution in [3.05, 3.63) is 318 Å². The van der Waals surface area contributed by atoms with Crippen molar-refractivity contribution in [2.75, 3.05) is 14.7 Å². The minimum absolute atomic E-state index is 0.0153. The van der Waals surface area contributed by atoms with E-state index in [-0.39, 0.29) is 56.0 Å². The lowest BCUT2D eigenvalue weighted by Crippen LogP contribution is -2.55. The first-order valence-electron chi connectivity index (χ1n) is 43.1. The van der Waals surface area contributed by atoms with Crippen LogP contribution in [0.2, 0.25) is 10.0 Å². The molecule has 5 nitrogen and oxygen atoms in total. The number of thiophene rings is 1. The number of halogens is 2. The number of benzene rings is 12. The van der Waals surface area contributed by atoms with E-state index >= 15 is 0 Å². The van der Waals surface area contributed by atoms with Crippen molar-refractivity contribution in [2.24, 2.45) is 0 Å². The van der Waals surface area contributed by atoms with Gasteiger partial charge in [-0.1, -0.05) is 282 Å². The molecular formula is C110H110BCl2N3O2S. The molecule has 9 heteroatoms. The minimum Gasteiger partial charge on any atom is -0.456 e. The molecule has 600 valence electrons. The molecule has 0 fully saturated rings. The number of rotatable bonds is 8. The summed E-state index contributed by atoms with van der Waals surface area (Å²) in [6, 6.07) is 86.0. The molecule has 0 amide bonds. The first-order valence-corrected chi connectivity index (χ1v) is 44.7. The van der Waals surface area contributed by atoms with Crippen LogP contribution in [0.5, 0.6) is 0 Å². The molecule has 12 aromatic carbocycles. The van der Waals surface area contributed by atoms with Crippen LogP contribution >= 0.6 is 34.5 Å². The molecule has 20 rings (SSSR count). The van der Waals surface area contributed by atoms with Gasteiger partial charge in [-0.3, -0.25) is 0 Å². The van der Waals surface area contributed by atoms with E-state index in [1.807, 2.05) is 17.4 Å². The van der Waals surface area contributed by atoms with Gasteiger partial charge in [0.1, 0.15) is 22.3 Å². The second kappa shape index (κ2) is 27.8. The van der Waals surface area contributed by atoms with Crippen LogP contribution in [0.1, 0.15) is 237 Å². The molecule has 3 aliphatic carbocycles. The molecular weight excluding hydrogens is 1510 g/mol. The number of hydrogen-bond acceptors (Lipinski definition) is 6. The molecule has 2 aliphatic heterocycles. The molecule has 5 heterocycles. The molecule has 1 atom stereocenters. The first-order chi connectivity index (χ1) is 56.3. The van der Waals surface area contributed by atoms with Gasteiger partial charge >= 0.3 is 0 Å². The fourth-order valence-corrected chi connectivity index (χ4v) is 22.0. The Morgan fingerprint density at radius 2 is 0.882 bits per heavy atom. The highest BCUT2D eigenvalue weighted by Gasteiger charge is 2.50. The van der Waals surface area contributed by atoms with Crippen molar-refractivity contribution in [2.45, 2.75) is 220 Å². The lowest BCUT2D eigenvalue weighted by molar-refractivity contribution is 0.331. The van der Waals surface area contributed by atoms with Gasteiger partial charge in [0.15, 0.2) is 0 Å². The van der Waals surface area contributed by atoms with Crippen LogP contribution in [-0.4, -0.2) is 6.71 Å². The van der Waals surface area contributed by atoms with Crippen molar-refractivity contribution in [3.63, 3.8) is 0 Å². The maximum atomic E-state index is 7.47. The van der Waals surface area contributed by atoms with Crippen LogP contribution in [0, 0.1) is 0 Å². The quantitative estimate of drug-likeness (QED) is 0.142. The Balaban J connectivity index is 0.000000158. The lowest BCUT2D eigenvalue weighted by atomic mass is 9.30. The molecule has 3 aromatic heterocycles. The Morgan fingerprint density at radius 3 is 1.45 bits per heavy atom. The largest absolute Gasteiger partial charge is 0.456 e. The van der Waals surface area contributed by atoms with E-state index in [9.17, 15) is 0 Å². The van der Waals surface area contributed by atoms with E-state index in [2.05, 4.69) is 383 Å². The van der Waals surface area contributed by atoms with Gasteiger partial charge in [0.05, 0.1) is 16.8 Å². The molecule has 1 unspecified atom stereocenters. The third-order valence-electron chi connectivity index (χ3n) is 27.7. The summed E-state index contributed by atoms with van der Waals surface area (Å²) >= 11 is 16.6. The predicted octanol–water partition coefficient (Wildman–Crippen LogP) is 31.6. The number of allylic oxidation sites excluding steroid dienone is 2. The zero-order chi connectivity index (χ0) is 83.5. The van der Waals surface area contributed by atoms with E-state index in [0.29, 0.717) is 5.02 Å². The van der Waals surface area contributed by atoms with Crippen molar-refractivity contribution in [1.82, 2.24) is 0 Å². The molecule has 0 saturated carbocycles. The monoisotopic (exact) mass is 1620 g/mol. The smallest absolute Gasteiger partial charge is 0.243 e. The summed E-state index contributed by atoms with van der Waals surface area (Å²) in [5.41, 5.74) is 36.4. The zero-order valence-electron chi connectivity index (χ0n) is 73.0. The van der Waals surface area contributed by atoms with Gasteiger partial charge in [-0.2, -0.15) is 0 Å². The fourth-order valence-electron chi connectivity index (χ4n) is 20.6. The lowest BCUT2D eigenvalue weighted by Gasteiger charge is -2.44. The summed E-state index contributed by atoms with van der Waals surface area (Å²) in [4.78, 5) is 7.28. The van der Waals surface area contributed by atoms with Gasteiger partial charge in [0.25, 0.3) is 0 Å². The summed E-state index contributed by atoms with van der Waals surface area (Å²) in [5, 5.41) is 9.54. The Labute approximate surface area is 719 Å². The summed E-state index contributed by atoms with van der Waals surface area (Å²) < 4.78 is 14.4. The van der Waals surface area contributed by atoms with E-state index in [4.69, 9.17) is 32.0 Å². The average Bonchev–Trinajstić information content (AvgIpc) is 1.62. The second-order valence-corrected chi connectivity index (χ2v) is 43.5. The van der Waals surface area contributed by atoms with Crippen molar-refractivity contribution >= 4 is 163 Å². The summed E-state index contributed by atoms with van der Waals surface area (Å²) in [7, 11) is 0. The Hall–Kier alpha value is -10.0. The van der Waals surface area contributed by atoms with Crippen molar-refractivity contribution < 1.29 is 8.83 Å². The minimum atomic E-state index is -0.0510. The van der Waals surface area contributed by atoms with Gasteiger partial charge in [-0.25, -0.2) is 0 Å². The zero-order valence-corrected chi connectivity index (χ0v) is 75.4. The average molecular weight is 1620 g/mol. The van der Waals surface area contributed by atoms with Gasteiger partial charge < -0.3 is 23.5 Å². The highest BCUT2D eigenvalue weighted by molar-refractivity contribution is 7.17. The molecule has 0 saturated heterocycles. The van der Waals surface area contributed by atoms with Crippen LogP contribution in [0.4, 0.5) is 51.2 Å². The third kappa shape index (κ3) is 13.3. The van der Waals surface area contributed by atoms with Crippen LogP contribution < -0.4 is 25.6 Å². The number of anilines is 9. The van der Waals surface area contributed by atoms with Gasteiger partial charge in [0, 0.05) is 87.4 Å².